The van der Waals surface area contributed by atoms with Crippen molar-refractivity contribution in [1.29, 1.82) is 0 Å². The van der Waals surface area contributed by atoms with Gasteiger partial charge in [0.1, 0.15) is 0 Å². The van der Waals surface area contributed by atoms with Gasteiger partial charge in [-0.3, -0.25) is 4.79 Å². The molecule has 0 aliphatic carbocycles. The van der Waals surface area contributed by atoms with E-state index in [1.165, 1.54) is 5.56 Å². The quantitative estimate of drug-likeness (QED) is 0.551. The number of hydrogen-bond donors (Lipinski definition) is 0. The topological polar surface area (TPSA) is 23.6 Å². The molecule has 1 aliphatic heterocycles. The highest BCUT2D eigenvalue weighted by Crippen LogP contribution is 2.25. The summed E-state index contributed by atoms with van der Waals surface area (Å²) in [6.45, 7) is 3.19. The normalized spacial score (nSPS) is 15.3. The maximum absolute atomic E-state index is 13.2. The van der Waals surface area contributed by atoms with E-state index in [4.69, 9.17) is 0 Å². The Hall–Kier alpha value is -2.43. The van der Waals surface area contributed by atoms with E-state index in [9.17, 15) is 4.79 Å². The standard InChI is InChI=1S/C25H28N2OS/c28-25(20-24-12-7-19-29-24)27(22-10-5-2-6-11-22)23-14-17-26(18-15-23)16-13-21-8-3-1-4-9-21/h1-12,19,23H,13-18,20H2. The first-order chi connectivity index (χ1) is 14.3. The zero-order chi connectivity index (χ0) is 19.9. The summed E-state index contributed by atoms with van der Waals surface area (Å²) in [5, 5.41) is 2.04. The third-order valence-electron chi connectivity index (χ3n) is 5.69. The van der Waals surface area contributed by atoms with Crippen molar-refractivity contribution < 1.29 is 4.79 Å². The number of para-hydroxylation sites is 1. The zero-order valence-corrected chi connectivity index (χ0v) is 17.6. The molecular weight excluding hydrogens is 376 g/mol. The molecule has 0 saturated carbocycles. The van der Waals surface area contributed by atoms with Crippen LogP contribution >= 0.6 is 11.3 Å². The number of thiophene rings is 1. The summed E-state index contributed by atoms with van der Waals surface area (Å²) in [5.74, 6) is 0.210. The van der Waals surface area contributed by atoms with Crippen LogP contribution < -0.4 is 4.90 Å². The number of carbonyl (C=O) groups excluding carboxylic acids is 1. The Morgan fingerprint density at radius 1 is 0.931 bits per heavy atom. The molecule has 0 spiro atoms. The van der Waals surface area contributed by atoms with Gasteiger partial charge in [0.05, 0.1) is 6.42 Å². The van der Waals surface area contributed by atoms with Crippen molar-refractivity contribution in [3.63, 3.8) is 0 Å². The molecule has 2 aromatic carbocycles. The fourth-order valence-electron chi connectivity index (χ4n) is 4.13. The van der Waals surface area contributed by atoms with Gasteiger partial charge in [-0.2, -0.15) is 0 Å². The number of carbonyl (C=O) groups is 1. The molecule has 1 saturated heterocycles. The van der Waals surface area contributed by atoms with Crippen LogP contribution in [0.15, 0.2) is 78.2 Å². The van der Waals surface area contributed by atoms with Crippen LogP contribution in [0.3, 0.4) is 0 Å². The third-order valence-corrected chi connectivity index (χ3v) is 6.57. The Morgan fingerprint density at radius 2 is 1.62 bits per heavy atom. The van der Waals surface area contributed by atoms with E-state index >= 15 is 0 Å². The first-order valence-electron chi connectivity index (χ1n) is 10.5. The lowest BCUT2D eigenvalue weighted by Gasteiger charge is -2.38. The van der Waals surface area contributed by atoms with Gasteiger partial charge in [0.2, 0.25) is 5.91 Å². The minimum absolute atomic E-state index is 0.210. The molecule has 3 aromatic rings. The Balaban J connectivity index is 1.39. The lowest BCUT2D eigenvalue weighted by Crippen LogP contribution is -2.48. The number of amides is 1. The summed E-state index contributed by atoms with van der Waals surface area (Å²) in [5.41, 5.74) is 2.42. The van der Waals surface area contributed by atoms with Gasteiger partial charge < -0.3 is 9.80 Å². The van der Waals surface area contributed by atoms with Crippen LogP contribution in [0.1, 0.15) is 23.3 Å². The zero-order valence-electron chi connectivity index (χ0n) is 16.7. The molecular formula is C25H28N2OS. The second-order valence-corrected chi connectivity index (χ2v) is 8.70. The van der Waals surface area contributed by atoms with Crippen LogP contribution in [-0.4, -0.2) is 36.5 Å². The summed E-state index contributed by atoms with van der Waals surface area (Å²) in [6.07, 6.45) is 3.63. The predicted molar refractivity (Wildman–Crippen MR) is 122 cm³/mol. The number of anilines is 1. The fourth-order valence-corrected chi connectivity index (χ4v) is 4.82. The summed E-state index contributed by atoms with van der Waals surface area (Å²) in [4.78, 5) is 19.0. The first kappa shape index (κ1) is 19.9. The lowest BCUT2D eigenvalue weighted by molar-refractivity contribution is -0.118. The summed E-state index contributed by atoms with van der Waals surface area (Å²) < 4.78 is 0. The van der Waals surface area contributed by atoms with E-state index < -0.39 is 0 Å². The smallest absolute Gasteiger partial charge is 0.232 e. The number of likely N-dealkylation sites (tertiary alicyclic amines) is 1. The molecule has 1 fully saturated rings. The highest BCUT2D eigenvalue weighted by molar-refractivity contribution is 7.10. The summed E-state index contributed by atoms with van der Waals surface area (Å²) in [7, 11) is 0. The molecule has 150 valence electrons. The van der Waals surface area contributed by atoms with Gasteiger partial charge >= 0.3 is 0 Å². The van der Waals surface area contributed by atoms with E-state index in [1.54, 1.807) is 11.3 Å². The van der Waals surface area contributed by atoms with Crippen molar-refractivity contribution >= 4 is 22.9 Å². The second-order valence-electron chi connectivity index (χ2n) is 7.66. The molecule has 1 aromatic heterocycles. The third kappa shape index (κ3) is 5.34. The molecule has 0 atom stereocenters. The van der Waals surface area contributed by atoms with Crippen molar-refractivity contribution in [2.24, 2.45) is 0 Å². The molecule has 0 radical (unpaired) electrons. The van der Waals surface area contributed by atoms with Crippen molar-refractivity contribution in [2.45, 2.75) is 31.7 Å². The number of piperidine rings is 1. The molecule has 0 unspecified atom stereocenters. The van der Waals surface area contributed by atoms with Crippen molar-refractivity contribution in [1.82, 2.24) is 4.90 Å². The van der Waals surface area contributed by atoms with E-state index in [2.05, 4.69) is 58.3 Å². The largest absolute Gasteiger partial charge is 0.309 e. The molecule has 3 nitrogen and oxygen atoms in total. The van der Waals surface area contributed by atoms with Crippen LogP contribution in [-0.2, 0) is 17.6 Å². The molecule has 29 heavy (non-hydrogen) atoms. The first-order valence-corrected chi connectivity index (χ1v) is 11.3. The van der Waals surface area contributed by atoms with Crippen LogP contribution in [0, 0.1) is 0 Å². The van der Waals surface area contributed by atoms with Crippen LogP contribution in [0.25, 0.3) is 0 Å². The lowest BCUT2D eigenvalue weighted by atomic mass is 10.0. The number of nitrogens with zero attached hydrogens (tertiary/aromatic N) is 2. The monoisotopic (exact) mass is 404 g/mol. The van der Waals surface area contributed by atoms with Gasteiger partial charge in [-0.1, -0.05) is 54.6 Å². The van der Waals surface area contributed by atoms with Crippen LogP contribution in [0.5, 0.6) is 0 Å². The molecule has 4 rings (SSSR count). The van der Waals surface area contributed by atoms with Crippen LogP contribution in [0.4, 0.5) is 5.69 Å². The minimum atomic E-state index is 0.210. The van der Waals surface area contributed by atoms with Gasteiger partial charge in [-0.15, -0.1) is 11.3 Å². The minimum Gasteiger partial charge on any atom is -0.309 e. The Bertz CT molecular complexity index is 872. The number of hydrogen-bond acceptors (Lipinski definition) is 3. The van der Waals surface area contributed by atoms with Gasteiger partial charge in [-0.05, 0) is 48.4 Å². The van der Waals surface area contributed by atoms with Crippen molar-refractivity contribution in [3.05, 3.63) is 88.6 Å². The summed E-state index contributed by atoms with van der Waals surface area (Å²) >= 11 is 1.66. The number of rotatable bonds is 7. The maximum Gasteiger partial charge on any atom is 0.232 e. The molecule has 2 heterocycles. The van der Waals surface area contributed by atoms with E-state index in [-0.39, 0.29) is 11.9 Å². The Morgan fingerprint density at radius 3 is 2.28 bits per heavy atom. The van der Waals surface area contributed by atoms with E-state index in [0.29, 0.717) is 6.42 Å². The SMILES string of the molecule is O=C(Cc1cccs1)N(c1ccccc1)C1CCN(CCc2ccccc2)CC1. The highest BCUT2D eigenvalue weighted by Gasteiger charge is 2.29. The van der Waals surface area contributed by atoms with Gasteiger partial charge in [0.15, 0.2) is 0 Å². The fraction of sp³-hybridized carbons (Fsp3) is 0.320. The molecule has 0 N–H and O–H groups in total. The van der Waals surface area contributed by atoms with E-state index in [0.717, 1.165) is 49.5 Å². The van der Waals surface area contributed by atoms with Crippen molar-refractivity contribution in [3.8, 4) is 0 Å². The van der Waals surface area contributed by atoms with Crippen LogP contribution in [0.2, 0.25) is 0 Å². The predicted octanol–water partition coefficient (Wildman–Crippen LogP) is 5.03. The number of benzene rings is 2. The maximum atomic E-state index is 13.2. The Labute approximate surface area is 177 Å². The molecule has 0 bridgehead atoms. The second kappa shape index (κ2) is 9.86. The molecule has 4 heteroatoms. The summed E-state index contributed by atoms with van der Waals surface area (Å²) in [6, 6.07) is 25.2. The highest BCUT2D eigenvalue weighted by atomic mass is 32.1. The molecule has 1 amide bonds. The molecule has 1 aliphatic rings. The Kier molecular flexibility index (Phi) is 6.75. The average Bonchev–Trinajstić information content (AvgIpc) is 3.28. The van der Waals surface area contributed by atoms with E-state index in [1.807, 2.05) is 29.6 Å². The average molecular weight is 405 g/mol. The van der Waals surface area contributed by atoms with Gasteiger partial charge in [-0.25, -0.2) is 0 Å². The van der Waals surface area contributed by atoms with Gasteiger partial charge in [0.25, 0.3) is 0 Å². The van der Waals surface area contributed by atoms with Crippen molar-refractivity contribution in [2.75, 3.05) is 24.5 Å². The van der Waals surface area contributed by atoms with Gasteiger partial charge in [0, 0.05) is 36.2 Å².